The highest BCUT2D eigenvalue weighted by atomic mass is 16.5. The second-order valence-electron chi connectivity index (χ2n) is 4.77. The van der Waals surface area contributed by atoms with E-state index in [1.807, 2.05) is 0 Å². The van der Waals surface area contributed by atoms with Crippen LogP contribution in [0.15, 0.2) is 0 Å². The molecule has 0 aromatic carbocycles. The fraction of sp³-hybridized carbons (Fsp3) is 1.00. The van der Waals surface area contributed by atoms with Crippen LogP contribution in [0.4, 0.5) is 0 Å². The number of nitrogens with two attached hydrogens (primary N) is 1. The first kappa shape index (κ1) is 13.9. The number of nitrogens with zero attached hydrogens (tertiary/aromatic N) is 1. The Balaban J connectivity index is 3.48. The molecule has 0 aromatic rings. The van der Waals surface area contributed by atoms with Gasteiger partial charge in [0.25, 0.3) is 0 Å². The third-order valence-corrected chi connectivity index (χ3v) is 2.61. The second-order valence-corrected chi connectivity index (χ2v) is 4.77. The van der Waals surface area contributed by atoms with Crippen molar-refractivity contribution in [2.75, 3.05) is 40.4 Å². The minimum Gasteiger partial charge on any atom is -0.385 e. The molecule has 0 aromatic heterocycles. The molecular weight excluding hydrogens is 176 g/mol. The molecule has 2 N–H and O–H groups in total. The van der Waals surface area contributed by atoms with Gasteiger partial charge in [-0.2, -0.15) is 0 Å². The van der Waals surface area contributed by atoms with E-state index in [2.05, 4.69) is 25.8 Å². The summed E-state index contributed by atoms with van der Waals surface area (Å²) in [7, 11) is 3.90. The second kappa shape index (κ2) is 7.21. The fourth-order valence-corrected chi connectivity index (χ4v) is 1.19. The van der Waals surface area contributed by atoms with Crippen molar-refractivity contribution >= 4 is 0 Å². The van der Waals surface area contributed by atoms with Crippen molar-refractivity contribution in [1.82, 2.24) is 4.90 Å². The molecule has 0 heterocycles. The Kier molecular flexibility index (Phi) is 7.15. The lowest BCUT2D eigenvalue weighted by Crippen LogP contribution is -2.30. The molecule has 3 nitrogen and oxygen atoms in total. The first-order valence-electron chi connectivity index (χ1n) is 5.39. The Hall–Kier alpha value is -0.120. The molecule has 0 aliphatic heterocycles. The summed E-state index contributed by atoms with van der Waals surface area (Å²) in [5.74, 6) is 0. The van der Waals surface area contributed by atoms with Crippen LogP contribution in [0.2, 0.25) is 0 Å². The SMILES string of the molecule is COCCCN(C)CCC(C)(C)CN. The molecule has 0 spiro atoms. The Morgan fingerprint density at radius 1 is 1.29 bits per heavy atom. The zero-order chi connectivity index (χ0) is 11.0. The topological polar surface area (TPSA) is 38.5 Å². The largest absolute Gasteiger partial charge is 0.385 e. The van der Waals surface area contributed by atoms with Crippen LogP contribution in [0.25, 0.3) is 0 Å². The van der Waals surface area contributed by atoms with E-state index in [9.17, 15) is 0 Å². The highest BCUT2D eigenvalue weighted by Crippen LogP contribution is 2.17. The maximum absolute atomic E-state index is 5.68. The van der Waals surface area contributed by atoms with Crippen LogP contribution in [0.3, 0.4) is 0 Å². The predicted molar refractivity (Wildman–Crippen MR) is 61.4 cm³/mol. The lowest BCUT2D eigenvalue weighted by molar-refractivity contribution is 0.174. The van der Waals surface area contributed by atoms with Crippen molar-refractivity contribution in [3.05, 3.63) is 0 Å². The van der Waals surface area contributed by atoms with Crippen LogP contribution in [0.5, 0.6) is 0 Å². The lowest BCUT2D eigenvalue weighted by atomic mass is 9.89. The normalized spacial score (nSPS) is 12.4. The van der Waals surface area contributed by atoms with E-state index >= 15 is 0 Å². The molecule has 0 amide bonds. The van der Waals surface area contributed by atoms with Gasteiger partial charge in [-0.25, -0.2) is 0 Å². The van der Waals surface area contributed by atoms with Crippen molar-refractivity contribution in [3.8, 4) is 0 Å². The highest BCUT2D eigenvalue weighted by Gasteiger charge is 2.15. The average molecular weight is 202 g/mol. The maximum Gasteiger partial charge on any atom is 0.0474 e. The van der Waals surface area contributed by atoms with Gasteiger partial charge in [0.1, 0.15) is 0 Å². The van der Waals surface area contributed by atoms with Crippen molar-refractivity contribution in [3.63, 3.8) is 0 Å². The molecule has 0 bridgehead atoms. The van der Waals surface area contributed by atoms with Crippen LogP contribution >= 0.6 is 0 Å². The molecule has 0 rings (SSSR count). The summed E-state index contributed by atoms with van der Waals surface area (Å²) >= 11 is 0. The Morgan fingerprint density at radius 3 is 2.43 bits per heavy atom. The van der Waals surface area contributed by atoms with Gasteiger partial charge < -0.3 is 15.4 Å². The molecular formula is C11H26N2O. The summed E-state index contributed by atoms with van der Waals surface area (Å²) in [6, 6.07) is 0. The van der Waals surface area contributed by atoms with Gasteiger partial charge in [-0.15, -0.1) is 0 Å². The van der Waals surface area contributed by atoms with E-state index in [1.165, 1.54) is 0 Å². The van der Waals surface area contributed by atoms with E-state index in [0.29, 0.717) is 0 Å². The van der Waals surface area contributed by atoms with Gasteiger partial charge in [-0.1, -0.05) is 13.8 Å². The minimum absolute atomic E-state index is 0.273. The van der Waals surface area contributed by atoms with Gasteiger partial charge in [0.05, 0.1) is 0 Å². The molecule has 86 valence electrons. The Bertz CT molecular complexity index is 137. The zero-order valence-electron chi connectivity index (χ0n) is 10.2. The number of methoxy groups -OCH3 is 1. The molecule has 0 unspecified atom stereocenters. The van der Waals surface area contributed by atoms with Crippen molar-refractivity contribution in [1.29, 1.82) is 0 Å². The van der Waals surface area contributed by atoms with Crippen LogP contribution in [0.1, 0.15) is 26.7 Å². The van der Waals surface area contributed by atoms with Gasteiger partial charge >= 0.3 is 0 Å². The number of rotatable bonds is 8. The van der Waals surface area contributed by atoms with Gasteiger partial charge in [0.2, 0.25) is 0 Å². The molecule has 0 aliphatic rings. The summed E-state index contributed by atoms with van der Waals surface area (Å²) in [6.07, 6.45) is 2.27. The molecule has 0 saturated heterocycles. The Morgan fingerprint density at radius 2 is 1.93 bits per heavy atom. The van der Waals surface area contributed by atoms with E-state index in [0.717, 1.165) is 39.1 Å². The Labute approximate surface area is 88.6 Å². The number of hydrogen-bond acceptors (Lipinski definition) is 3. The first-order valence-corrected chi connectivity index (χ1v) is 5.39. The molecule has 0 radical (unpaired) electrons. The summed E-state index contributed by atoms with van der Waals surface area (Å²) in [5, 5.41) is 0. The van der Waals surface area contributed by atoms with Gasteiger partial charge in [0, 0.05) is 20.3 Å². The van der Waals surface area contributed by atoms with Crippen molar-refractivity contribution < 1.29 is 4.74 Å². The molecule has 0 aliphatic carbocycles. The quantitative estimate of drug-likeness (QED) is 0.604. The average Bonchev–Trinajstić information content (AvgIpc) is 2.16. The third kappa shape index (κ3) is 7.30. The number of hydrogen-bond donors (Lipinski definition) is 1. The van der Waals surface area contributed by atoms with Crippen molar-refractivity contribution in [2.45, 2.75) is 26.7 Å². The van der Waals surface area contributed by atoms with E-state index in [-0.39, 0.29) is 5.41 Å². The standard InChI is InChI=1S/C11H26N2O/c1-11(2,10-12)6-8-13(3)7-5-9-14-4/h5-10,12H2,1-4H3. The minimum atomic E-state index is 0.273. The molecule has 3 heteroatoms. The zero-order valence-corrected chi connectivity index (χ0v) is 10.2. The lowest BCUT2D eigenvalue weighted by Gasteiger charge is -2.25. The fourth-order valence-electron chi connectivity index (χ4n) is 1.19. The van der Waals surface area contributed by atoms with Crippen LogP contribution in [0, 0.1) is 5.41 Å². The van der Waals surface area contributed by atoms with E-state index < -0.39 is 0 Å². The summed E-state index contributed by atoms with van der Waals surface area (Å²) in [4.78, 5) is 2.34. The molecule has 0 fully saturated rings. The maximum atomic E-state index is 5.68. The monoisotopic (exact) mass is 202 g/mol. The van der Waals surface area contributed by atoms with Crippen LogP contribution in [-0.2, 0) is 4.74 Å². The highest BCUT2D eigenvalue weighted by molar-refractivity contribution is 4.70. The number of ether oxygens (including phenoxy) is 1. The molecule has 0 saturated carbocycles. The van der Waals surface area contributed by atoms with E-state index in [1.54, 1.807) is 7.11 Å². The van der Waals surface area contributed by atoms with Crippen molar-refractivity contribution in [2.24, 2.45) is 11.1 Å². The summed E-state index contributed by atoms with van der Waals surface area (Å²) in [5.41, 5.74) is 5.95. The van der Waals surface area contributed by atoms with Gasteiger partial charge in [0.15, 0.2) is 0 Å². The first-order chi connectivity index (χ1) is 6.52. The van der Waals surface area contributed by atoms with Gasteiger partial charge in [-0.3, -0.25) is 0 Å². The summed E-state index contributed by atoms with van der Waals surface area (Å²) in [6.45, 7) is 8.28. The van der Waals surface area contributed by atoms with Crippen LogP contribution < -0.4 is 5.73 Å². The third-order valence-electron chi connectivity index (χ3n) is 2.61. The molecule has 14 heavy (non-hydrogen) atoms. The summed E-state index contributed by atoms with van der Waals surface area (Å²) < 4.78 is 5.01. The smallest absolute Gasteiger partial charge is 0.0474 e. The van der Waals surface area contributed by atoms with Crippen LogP contribution in [-0.4, -0.2) is 45.3 Å². The van der Waals surface area contributed by atoms with Gasteiger partial charge in [-0.05, 0) is 38.4 Å². The molecule has 0 atom stereocenters. The predicted octanol–water partition coefficient (Wildman–Crippen LogP) is 1.33. The van der Waals surface area contributed by atoms with E-state index in [4.69, 9.17) is 10.5 Å².